The number of nitro groups is 1. The second kappa shape index (κ2) is 5.89. The predicted molar refractivity (Wildman–Crippen MR) is 63.7 cm³/mol. The lowest BCUT2D eigenvalue weighted by Crippen LogP contribution is -2.47. The molecule has 0 aliphatic rings. The second-order valence-electron chi connectivity index (χ2n) is 4.53. The average Bonchev–Trinajstić information content (AvgIpc) is 2.61. The van der Waals surface area contributed by atoms with Crippen LogP contribution in [0.3, 0.4) is 0 Å². The molecule has 0 unspecified atom stereocenters. The van der Waals surface area contributed by atoms with E-state index in [0.29, 0.717) is 29.8 Å². The van der Waals surface area contributed by atoms with E-state index in [-0.39, 0.29) is 18.9 Å². The van der Waals surface area contributed by atoms with Crippen LogP contribution in [0, 0.1) is 10.1 Å². The van der Waals surface area contributed by atoms with Gasteiger partial charge in [-0.05, 0) is 0 Å². The highest BCUT2D eigenvalue weighted by Gasteiger charge is 2.29. The minimum Gasteiger partial charge on any atom is -0.391 e. The van der Waals surface area contributed by atoms with Gasteiger partial charge in [0.05, 0.1) is 25.2 Å². The van der Waals surface area contributed by atoms with Gasteiger partial charge in [0.15, 0.2) is 5.69 Å². The maximum Gasteiger partial charge on any atom is 0.316 e. The Kier molecular flexibility index (Phi) is 4.76. The summed E-state index contributed by atoms with van der Waals surface area (Å²) in [7, 11) is 3.48. The van der Waals surface area contributed by atoms with Gasteiger partial charge < -0.3 is 14.7 Å². The van der Waals surface area contributed by atoms with E-state index in [1.165, 1.54) is 10.9 Å². The SMILES string of the molecule is Cn1ncc([N+](=O)[O-])c1C[N+](C)(CCO)CCO. The first-order valence-corrected chi connectivity index (χ1v) is 5.64. The van der Waals surface area contributed by atoms with Crippen molar-refractivity contribution in [2.45, 2.75) is 6.54 Å². The fourth-order valence-corrected chi connectivity index (χ4v) is 1.90. The number of aryl methyl sites for hydroxylation is 1. The second-order valence-corrected chi connectivity index (χ2v) is 4.53. The molecule has 0 saturated heterocycles. The van der Waals surface area contributed by atoms with Gasteiger partial charge >= 0.3 is 5.69 Å². The van der Waals surface area contributed by atoms with E-state index in [1.54, 1.807) is 7.05 Å². The number of nitrogens with zero attached hydrogens (tertiary/aromatic N) is 4. The molecule has 0 saturated carbocycles. The van der Waals surface area contributed by atoms with Gasteiger partial charge in [0.2, 0.25) is 0 Å². The van der Waals surface area contributed by atoms with Crippen LogP contribution in [-0.4, -0.2) is 62.8 Å². The van der Waals surface area contributed by atoms with E-state index in [1.807, 2.05) is 7.05 Å². The smallest absolute Gasteiger partial charge is 0.316 e. The van der Waals surface area contributed by atoms with Crippen molar-refractivity contribution < 1.29 is 19.6 Å². The maximum absolute atomic E-state index is 10.9. The molecule has 1 aromatic heterocycles. The summed E-state index contributed by atoms with van der Waals surface area (Å²) in [5.41, 5.74) is 0.460. The van der Waals surface area contributed by atoms with Crippen LogP contribution in [-0.2, 0) is 13.6 Å². The standard InChI is InChI=1S/C10H19N4O4/c1-12-10(9(7-11-12)13(17)18)8-14(2,3-5-15)4-6-16/h7,15-16H,3-6,8H2,1-2H3/q+1. The van der Waals surface area contributed by atoms with Crippen LogP contribution in [0.1, 0.15) is 5.69 Å². The fourth-order valence-electron chi connectivity index (χ4n) is 1.90. The van der Waals surface area contributed by atoms with Gasteiger partial charge in [0, 0.05) is 7.05 Å². The van der Waals surface area contributed by atoms with Gasteiger partial charge in [-0.15, -0.1) is 0 Å². The number of rotatable bonds is 7. The lowest BCUT2D eigenvalue weighted by Gasteiger charge is -2.32. The summed E-state index contributed by atoms with van der Waals surface area (Å²) in [6.07, 6.45) is 1.22. The number of likely N-dealkylation sites (N-methyl/N-ethyl adjacent to an activating group) is 1. The van der Waals surface area contributed by atoms with Gasteiger partial charge in [-0.1, -0.05) is 0 Å². The summed E-state index contributed by atoms with van der Waals surface area (Å²) < 4.78 is 1.79. The average molecular weight is 259 g/mol. The van der Waals surface area contributed by atoms with Crippen molar-refractivity contribution in [1.82, 2.24) is 9.78 Å². The molecular weight excluding hydrogens is 240 g/mol. The first-order valence-electron chi connectivity index (χ1n) is 5.64. The molecule has 0 radical (unpaired) electrons. The molecule has 0 atom stereocenters. The van der Waals surface area contributed by atoms with Crippen molar-refractivity contribution in [3.63, 3.8) is 0 Å². The van der Waals surface area contributed by atoms with Gasteiger partial charge in [-0.25, -0.2) is 0 Å². The van der Waals surface area contributed by atoms with Crippen molar-refractivity contribution >= 4 is 5.69 Å². The van der Waals surface area contributed by atoms with Gasteiger partial charge in [0.25, 0.3) is 0 Å². The molecule has 0 spiro atoms. The molecule has 0 aliphatic heterocycles. The van der Waals surface area contributed by atoms with E-state index >= 15 is 0 Å². The van der Waals surface area contributed by atoms with Crippen LogP contribution in [0.5, 0.6) is 0 Å². The van der Waals surface area contributed by atoms with Gasteiger partial charge in [-0.2, -0.15) is 5.10 Å². The van der Waals surface area contributed by atoms with E-state index in [9.17, 15) is 10.1 Å². The molecule has 0 bridgehead atoms. The van der Waals surface area contributed by atoms with Crippen LogP contribution in [0.4, 0.5) is 5.69 Å². The molecule has 2 N–H and O–H groups in total. The van der Waals surface area contributed by atoms with Gasteiger partial charge in [0.1, 0.15) is 25.8 Å². The van der Waals surface area contributed by atoms with Crippen LogP contribution >= 0.6 is 0 Å². The van der Waals surface area contributed by atoms with E-state index < -0.39 is 4.92 Å². The summed E-state index contributed by atoms with van der Waals surface area (Å²) in [5, 5.41) is 32.9. The zero-order chi connectivity index (χ0) is 13.8. The van der Waals surface area contributed by atoms with Crippen molar-refractivity contribution in [1.29, 1.82) is 0 Å². The molecule has 0 aromatic carbocycles. The van der Waals surface area contributed by atoms with Gasteiger partial charge in [-0.3, -0.25) is 14.8 Å². The molecule has 18 heavy (non-hydrogen) atoms. The summed E-state index contributed by atoms with van der Waals surface area (Å²) >= 11 is 0. The maximum atomic E-state index is 10.9. The largest absolute Gasteiger partial charge is 0.391 e. The van der Waals surface area contributed by atoms with Crippen molar-refractivity contribution in [2.24, 2.45) is 7.05 Å². The highest BCUT2D eigenvalue weighted by Crippen LogP contribution is 2.21. The minimum atomic E-state index is -0.468. The Labute approximate surface area is 105 Å². The summed E-state index contributed by atoms with van der Waals surface area (Å²) in [5.74, 6) is 0. The van der Waals surface area contributed by atoms with Crippen LogP contribution in [0.2, 0.25) is 0 Å². The highest BCUT2D eigenvalue weighted by molar-refractivity contribution is 5.32. The van der Waals surface area contributed by atoms with Crippen molar-refractivity contribution in [3.05, 3.63) is 22.0 Å². The zero-order valence-corrected chi connectivity index (χ0v) is 10.6. The van der Waals surface area contributed by atoms with Crippen molar-refractivity contribution in [3.8, 4) is 0 Å². The molecule has 102 valence electrons. The summed E-state index contributed by atoms with van der Waals surface area (Å²) in [6.45, 7) is 1.10. The zero-order valence-electron chi connectivity index (χ0n) is 10.6. The Morgan fingerprint density at radius 1 is 1.44 bits per heavy atom. The quantitative estimate of drug-likeness (QED) is 0.381. The Morgan fingerprint density at radius 3 is 2.44 bits per heavy atom. The molecular formula is C10H19N4O4+. The third-order valence-electron chi connectivity index (χ3n) is 3.05. The number of aromatic nitrogens is 2. The van der Waals surface area contributed by atoms with Crippen LogP contribution < -0.4 is 0 Å². The third kappa shape index (κ3) is 3.25. The highest BCUT2D eigenvalue weighted by atomic mass is 16.6. The first kappa shape index (κ1) is 14.6. The van der Waals surface area contributed by atoms with Crippen molar-refractivity contribution in [2.75, 3.05) is 33.4 Å². The molecule has 0 fully saturated rings. The fraction of sp³-hybridized carbons (Fsp3) is 0.700. The molecule has 8 heteroatoms. The number of aliphatic hydroxyl groups excluding tert-OH is 2. The number of hydrogen-bond acceptors (Lipinski definition) is 5. The Balaban J connectivity index is 2.99. The van der Waals surface area contributed by atoms with E-state index in [4.69, 9.17) is 10.2 Å². The topological polar surface area (TPSA) is 101 Å². The Bertz CT molecular complexity index is 412. The number of quaternary nitrogens is 1. The number of aliphatic hydroxyl groups is 2. The minimum absolute atomic E-state index is 0.0299. The molecule has 1 aromatic rings. The summed E-state index contributed by atoms with van der Waals surface area (Å²) in [4.78, 5) is 10.4. The van der Waals surface area contributed by atoms with E-state index in [2.05, 4.69) is 5.10 Å². The molecule has 1 rings (SSSR count). The number of hydrogen-bond donors (Lipinski definition) is 2. The molecule has 1 heterocycles. The van der Waals surface area contributed by atoms with E-state index in [0.717, 1.165) is 0 Å². The normalized spacial score (nSPS) is 11.8. The lowest BCUT2D eigenvalue weighted by atomic mass is 10.3. The Hall–Kier alpha value is -1.51. The third-order valence-corrected chi connectivity index (χ3v) is 3.05. The molecule has 0 amide bonds. The monoisotopic (exact) mass is 259 g/mol. The first-order chi connectivity index (χ1) is 8.43. The lowest BCUT2D eigenvalue weighted by molar-refractivity contribution is -0.923. The summed E-state index contributed by atoms with van der Waals surface area (Å²) in [6, 6.07) is 0. The molecule has 8 nitrogen and oxygen atoms in total. The van der Waals surface area contributed by atoms with Crippen LogP contribution in [0.15, 0.2) is 6.20 Å². The Morgan fingerprint density at radius 2 is 2.00 bits per heavy atom. The predicted octanol–water partition coefficient (Wildman–Crippen LogP) is -0.740. The van der Waals surface area contributed by atoms with Crippen LogP contribution in [0.25, 0.3) is 0 Å². The molecule has 0 aliphatic carbocycles.